The zero-order valence-electron chi connectivity index (χ0n) is 12.4. The summed E-state index contributed by atoms with van der Waals surface area (Å²) in [4.78, 5) is 28.9. The maximum absolute atomic E-state index is 12.4. The number of hydrogen-bond acceptors (Lipinski definition) is 5. The second kappa shape index (κ2) is 6.21. The molecule has 0 atom stereocenters. The SMILES string of the molecule is Cc1csc2nc(O)c(C(=O)NCCc3ccccc3)c(=O)n12. The van der Waals surface area contributed by atoms with Gasteiger partial charge in [0.1, 0.15) is 0 Å². The van der Waals surface area contributed by atoms with Crippen molar-refractivity contribution in [3.05, 3.63) is 62.9 Å². The van der Waals surface area contributed by atoms with Crippen molar-refractivity contribution in [1.29, 1.82) is 0 Å². The van der Waals surface area contributed by atoms with Crippen LogP contribution >= 0.6 is 11.3 Å². The van der Waals surface area contributed by atoms with Crippen LogP contribution in [0, 0.1) is 6.92 Å². The zero-order valence-corrected chi connectivity index (χ0v) is 13.3. The number of carbonyl (C=O) groups excluding carboxylic acids is 1. The second-order valence-corrected chi connectivity index (χ2v) is 5.94. The molecule has 3 aromatic rings. The number of aryl methyl sites for hydroxylation is 1. The lowest BCUT2D eigenvalue weighted by Crippen LogP contribution is -2.33. The van der Waals surface area contributed by atoms with Gasteiger partial charge in [-0.25, -0.2) is 0 Å². The lowest BCUT2D eigenvalue weighted by Gasteiger charge is -2.07. The van der Waals surface area contributed by atoms with Crippen LogP contribution in [0.3, 0.4) is 0 Å². The van der Waals surface area contributed by atoms with Crippen molar-refractivity contribution in [2.24, 2.45) is 0 Å². The fraction of sp³-hybridized carbons (Fsp3) is 0.188. The molecule has 2 N–H and O–H groups in total. The van der Waals surface area contributed by atoms with Crippen LogP contribution in [0.4, 0.5) is 0 Å². The number of aromatic nitrogens is 2. The summed E-state index contributed by atoms with van der Waals surface area (Å²) in [5, 5.41) is 14.3. The standard InChI is InChI=1S/C16H15N3O3S/c1-10-9-23-16-18-14(21)12(15(22)19(10)16)13(20)17-8-7-11-5-3-2-4-6-11/h2-6,9,21H,7-8H2,1H3,(H,17,20). The molecule has 1 aromatic carbocycles. The number of carbonyl (C=O) groups is 1. The topological polar surface area (TPSA) is 83.7 Å². The Morgan fingerprint density at radius 1 is 1.35 bits per heavy atom. The van der Waals surface area contributed by atoms with Crippen molar-refractivity contribution < 1.29 is 9.90 Å². The van der Waals surface area contributed by atoms with Crippen molar-refractivity contribution in [1.82, 2.24) is 14.7 Å². The van der Waals surface area contributed by atoms with E-state index in [1.165, 1.54) is 15.7 Å². The molecule has 2 aromatic heterocycles. The van der Waals surface area contributed by atoms with E-state index < -0.39 is 17.3 Å². The van der Waals surface area contributed by atoms with Crippen molar-refractivity contribution in [3.8, 4) is 5.88 Å². The van der Waals surface area contributed by atoms with Crippen molar-refractivity contribution in [2.75, 3.05) is 6.54 Å². The molecule has 0 radical (unpaired) electrons. The molecule has 6 nitrogen and oxygen atoms in total. The third-order valence-corrected chi connectivity index (χ3v) is 4.43. The van der Waals surface area contributed by atoms with E-state index >= 15 is 0 Å². The van der Waals surface area contributed by atoms with Crippen molar-refractivity contribution >= 4 is 22.2 Å². The Morgan fingerprint density at radius 3 is 2.83 bits per heavy atom. The summed E-state index contributed by atoms with van der Waals surface area (Å²) < 4.78 is 1.33. The molecule has 1 amide bonds. The van der Waals surface area contributed by atoms with Gasteiger partial charge in [-0.1, -0.05) is 30.3 Å². The highest BCUT2D eigenvalue weighted by atomic mass is 32.1. The van der Waals surface area contributed by atoms with Gasteiger partial charge in [0.2, 0.25) is 5.88 Å². The van der Waals surface area contributed by atoms with Crippen LogP contribution in [0.15, 0.2) is 40.5 Å². The van der Waals surface area contributed by atoms with E-state index in [4.69, 9.17) is 0 Å². The minimum atomic E-state index is -0.615. The quantitative estimate of drug-likeness (QED) is 0.764. The van der Waals surface area contributed by atoms with Crippen molar-refractivity contribution in [3.63, 3.8) is 0 Å². The molecule has 0 fully saturated rings. The summed E-state index contributed by atoms with van der Waals surface area (Å²) in [6.07, 6.45) is 0.641. The molecule has 0 aliphatic carbocycles. The zero-order chi connectivity index (χ0) is 16.4. The number of fused-ring (bicyclic) bond motifs is 1. The van der Waals surface area contributed by atoms with E-state index in [1.807, 2.05) is 30.3 Å². The number of benzene rings is 1. The molecule has 0 saturated carbocycles. The Kier molecular flexibility index (Phi) is 4.12. The van der Waals surface area contributed by atoms with E-state index in [1.54, 1.807) is 12.3 Å². The van der Waals surface area contributed by atoms with E-state index in [0.717, 1.165) is 5.56 Å². The van der Waals surface area contributed by atoms with Gasteiger partial charge >= 0.3 is 0 Å². The maximum Gasteiger partial charge on any atom is 0.275 e. The molecule has 0 spiro atoms. The molecule has 0 unspecified atom stereocenters. The van der Waals surface area contributed by atoms with E-state index in [9.17, 15) is 14.7 Å². The fourth-order valence-electron chi connectivity index (χ4n) is 2.32. The normalized spacial score (nSPS) is 10.8. The molecule has 2 heterocycles. The summed E-state index contributed by atoms with van der Waals surface area (Å²) in [6, 6.07) is 9.69. The second-order valence-electron chi connectivity index (χ2n) is 5.10. The first kappa shape index (κ1) is 15.2. The molecular weight excluding hydrogens is 314 g/mol. The predicted octanol–water partition coefficient (Wildman–Crippen LogP) is 1.74. The average molecular weight is 329 g/mol. The number of hydrogen-bond donors (Lipinski definition) is 2. The highest BCUT2D eigenvalue weighted by molar-refractivity contribution is 7.15. The minimum absolute atomic E-state index is 0.322. The Hall–Kier alpha value is -2.67. The first-order chi connectivity index (χ1) is 11.1. The molecule has 118 valence electrons. The van der Waals surface area contributed by atoms with E-state index in [-0.39, 0.29) is 5.56 Å². The van der Waals surface area contributed by atoms with Crippen LogP contribution in [0.2, 0.25) is 0 Å². The fourth-order valence-corrected chi connectivity index (χ4v) is 3.18. The van der Waals surface area contributed by atoms with Crippen LogP contribution in [0.5, 0.6) is 5.88 Å². The summed E-state index contributed by atoms with van der Waals surface area (Å²) in [6.45, 7) is 2.12. The van der Waals surface area contributed by atoms with Crippen LogP contribution in [0.25, 0.3) is 4.96 Å². The molecule has 3 rings (SSSR count). The van der Waals surface area contributed by atoms with Crippen LogP contribution in [0.1, 0.15) is 21.6 Å². The molecule has 23 heavy (non-hydrogen) atoms. The minimum Gasteiger partial charge on any atom is -0.492 e. The molecule has 0 aliphatic rings. The summed E-state index contributed by atoms with van der Waals surface area (Å²) >= 11 is 1.24. The predicted molar refractivity (Wildman–Crippen MR) is 88.2 cm³/mol. The van der Waals surface area contributed by atoms with Crippen LogP contribution in [-0.4, -0.2) is 26.9 Å². The maximum atomic E-state index is 12.4. The Morgan fingerprint density at radius 2 is 2.09 bits per heavy atom. The first-order valence-electron chi connectivity index (χ1n) is 7.10. The molecule has 7 heteroatoms. The largest absolute Gasteiger partial charge is 0.492 e. The third kappa shape index (κ3) is 2.95. The number of rotatable bonds is 4. The van der Waals surface area contributed by atoms with Gasteiger partial charge in [0, 0.05) is 17.6 Å². The Balaban J connectivity index is 1.81. The molecule has 0 saturated heterocycles. The number of amides is 1. The first-order valence-corrected chi connectivity index (χ1v) is 7.98. The van der Waals surface area contributed by atoms with Gasteiger partial charge < -0.3 is 10.4 Å². The third-order valence-electron chi connectivity index (χ3n) is 3.49. The average Bonchev–Trinajstić information content (AvgIpc) is 2.89. The van der Waals surface area contributed by atoms with E-state index in [0.29, 0.717) is 23.6 Å². The lowest BCUT2D eigenvalue weighted by molar-refractivity contribution is 0.0949. The van der Waals surface area contributed by atoms with Gasteiger partial charge in [0.05, 0.1) is 0 Å². The summed E-state index contributed by atoms with van der Waals surface area (Å²) in [5.41, 5.74) is 0.886. The Bertz CT molecular complexity index is 915. The number of aromatic hydroxyl groups is 1. The number of nitrogens with zero attached hydrogens (tertiary/aromatic N) is 2. The van der Waals surface area contributed by atoms with Crippen LogP contribution in [-0.2, 0) is 6.42 Å². The van der Waals surface area contributed by atoms with Gasteiger partial charge in [-0.2, -0.15) is 4.98 Å². The number of nitrogens with one attached hydrogen (secondary N) is 1. The van der Waals surface area contributed by atoms with Gasteiger partial charge in [0.25, 0.3) is 11.5 Å². The summed E-state index contributed by atoms with van der Waals surface area (Å²) in [5.74, 6) is -1.15. The van der Waals surface area contributed by atoms with Gasteiger partial charge in [-0.05, 0) is 18.9 Å². The van der Waals surface area contributed by atoms with Gasteiger partial charge in [0.15, 0.2) is 10.5 Å². The molecule has 0 bridgehead atoms. The lowest BCUT2D eigenvalue weighted by atomic mass is 10.1. The van der Waals surface area contributed by atoms with Crippen LogP contribution < -0.4 is 10.9 Å². The highest BCUT2D eigenvalue weighted by Gasteiger charge is 2.20. The van der Waals surface area contributed by atoms with Gasteiger partial charge in [-0.15, -0.1) is 11.3 Å². The van der Waals surface area contributed by atoms with Gasteiger partial charge in [-0.3, -0.25) is 14.0 Å². The molecular formula is C16H15N3O3S. The molecule has 0 aliphatic heterocycles. The number of thiazole rings is 1. The Labute approximate surface area is 136 Å². The van der Waals surface area contributed by atoms with E-state index in [2.05, 4.69) is 10.3 Å². The smallest absolute Gasteiger partial charge is 0.275 e. The highest BCUT2D eigenvalue weighted by Crippen LogP contribution is 2.17. The monoisotopic (exact) mass is 329 g/mol. The van der Waals surface area contributed by atoms with Crippen molar-refractivity contribution in [2.45, 2.75) is 13.3 Å². The summed E-state index contributed by atoms with van der Waals surface area (Å²) in [7, 11) is 0.